The number of hydrogen-bond acceptors (Lipinski definition) is 13. The fourth-order valence-corrected chi connectivity index (χ4v) is 5.84. The molecule has 0 bridgehead atoms. The fraction of sp³-hybridized carbons (Fsp3) is 0.600. The van der Waals surface area contributed by atoms with E-state index in [1.54, 1.807) is 31.7 Å². The molecule has 2 heterocycles. The number of amides is 3. The number of likely N-dealkylation sites (tertiary alicyclic amines) is 1. The van der Waals surface area contributed by atoms with Crippen molar-refractivity contribution in [2.45, 2.75) is 31.7 Å². The predicted octanol–water partition coefficient (Wildman–Crippen LogP) is -3.27. The van der Waals surface area contributed by atoms with Gasteiger partial charge in [-0.3, -0.25) is 59.2 Å². The summed E-state index contributed by atoms with van der Waals surface area (Å²) in [5.41, 5.74) is 6.07. The molecule has 20 heteroatoms. The highest BCUT2D eigenvalue weighted by Crippen LogP contribution is 2.19. The van der Waals surface area contributed by atoms with Crippen LogP contribution in [0.25, 0.3) is 0 Å². The average Bonchev–Trinajstić information content (AvgIpc) is 3.55. The number of rotatable bonds is 14. The lowest BCUT2D eigenvalue weighted by Gasteiger charge is -2.32. The average molecular weight is 707 g/mol. The molecule has 0 saturated carbocycles. The largest absolute Gasteiger partial charge is 0.480 e. The maximum absolute atomic E-state index is 12.9. The van der Waals surface area contributed by atoms with Crippen LogP contribution in [0.2, 0.25) is 0 Å². The van der Waals surface area contributed by atoms with E-state index in [1.165, 1.54) is 24.0 Å². The molecule has 0 unspecified atom stereocenters. The van der Waals surface area contributed by atoms with Crippen LogP contribution in [0.4, 0.5) is 5.69 Å². The Labute approximate surface area is 289 Å². The molecule has 0 aliphatic carbocycles. The summed E-state index contributed by atoms with van der Waals surface area (Å²) in [6.07, 6.45) is 1.09. The first-order valence-electron chi connectivity index (χ1n) is 16.4. The highest BCUT2D eigenvalue weighted by atomic mass is 16.4. The highest BCUT2D eigenvalue weighted by Gasteiger charge is 2.38. The summed E-state index contributed by atoms with van der Waals surface area (Å²) in [5.74, 6) is -5.22. The summed E-state index contributed by atoms with van der Waals surface area (Å²) in [4.78, 5) is 80.9. The molecule has 2 saturated heterocycles. The lowest BCUT2D eigenvalue weighted by molar-refractivity contribution is -0.140. The minimum atomic E-state index is -1.66. The molecule has 0 radical (unpaired) electrons. The molecule has 2 aliphatic rings. The van der Waals surface area contributed by atoms with Gasteiger partial charge in [-0.1, -0.05) is 0 Å². The molecular formula is C30H47BN8O11. The molecule has 2 fully saturated rings. The van der Waals surface area contributed by atoms with Gasteiger partial charge in [0.25, 0.3) is 11.8 Å². The maximum atomic E-state index is 12.9. The van der Waals surface area contributed by atoms with Crippen LogP contribution in [0.15, 0.2) is 24.3 Å². The summed E-state index contributed by atoms with van der Waals surface area (Å²) < 4.78 is 0. The normalized spacial score (nSPS) is 19.4. The van der Waals surface area contributed by atoms with Crippen molar-refractivity contribution in [2.75, 3.05) is 90.5 Å². The summed E-state index contributed by atoms with van der Waals surface area (Å²) in [7, 11) is -1.66. The number of hydrogen-bond donors (Lipinski definition) is 8. The smallest absolute Gasteiger partial charge is 0.475 e. The van der Waals surface area contributed by atoms with Gasteiger partial charge in [-0.25, -0.2) is 0 Å². The fourth-order valence-electron chi connectivity index (χ4n) is 5.84. The molecule has 2 aliphatic heterocycles. The Kier molecular flexibility index (Phi) is 15.8. The van der Waals surface area contributed by atoms with Gasteiger partial charge in [0.2, 0.25) is 5.91 Å². The topological polar surface area (TPSA) is 256 Å². The first-order valence-corrected chi connectivity index (χ1v) is 16.4. The second-order valence-corrected chi connectivity index (χ2v) is 12.4. The van der Waals surface area contributed by atoms with E-state index < -0.39 is 54.7 Å². The summed E-state index contributed by atoms with van der Waals surface area (Å²) in [6.45, 7) is 3.11. The number of hydrazine groups is 1. The third kappa shape index (κ3) is 13.5. The molecule has 19 nitrogen and oxygen atoms in total. The van der Waals surface area contributed by atoms with E-state index in [9.17, 15) is 54.1 Å². The second kappa shape index (κ2) is 19.7. The number of carbonyl (C=O) groups excluding carboxylic acids is 3. The first-order chi connectivity index (χ1) is 23.7. The lowest BCUT2D eigenvalue weighted by atomic mass is 9.78. The Morgan fingerprint density at radius 2 is 1.16 bits per heavy atom. The van der Waals surface area contributed by atoms with Crippen LogP contribution >= 0.6 is 0 Å². The lowest BCUT2D eigenvalue weighted by Crippen LogP contribution is -2.52. The van der Waals surface area contributed by atoms with E-state index in [-0.39, 0.29) is 84.1 Å². The minimum absolute atomic E-state index is 0.0997. The molecule has 1 aromatic carbocycles. The molecular weight excluding hydrogens is 659 g/mol. The Bertz CT molecular complexity index is 1310. The Hall–Kier alpha value is -4.34. The van der Waals surface area contributed by atoms with Crippen LogP contribution in [0.5, 0.6) is 0 Å². The number of carboxylic acid groups (broad SMARTS) is 3. The Morgan fingerprint density at radius 3 is 1.58 bits per heavy atom. The van der Waals surface area contributed by atoms with E-state index in [1.807, 2.05) is 0 Å². The van der Waals surface area contributed by atoms with E-state index in [0.29, 0.717) is 25.1 Å². The third-order valence-electron chi connectivity index (χ3n) is 8.51. The highest BCUT2D eigenvalue weighted by molar-refractivity contribution is 6.43. The van der Waals surface area contributed by atoms with Crippen LogP contribution in [-0.2, 0) is 24.0 Å². The summed E-state index contributed by atoms with van der Waals surface area (Å²) >= 11 is 0. The molecule has 0 aromatic heterocycles. The molecule has 8 N–H and O–H groups in total. The van der Waals surface area contributed by atoms with Gasteiger partial charge in [0.1, 0.15) is 6.04 Å². The third-order valence-corrected chi connectivity index (χ3v) is 8.51. The van der Waals surface area contributed by atoms with E-state index in [4.69, 9.17) is 0 Å². The quantitative estimate of drug-likeness (QED) is 0.0698. The maximum Gasteiger partial charge on any atom is 0.475 e. The molecule has 1 aromatic rings. The van der Waals surface area contributed by atoms with Crippen molar-refractivity contribution in [3.63, 3.8) is 0 Å². The molecule has 3 amide bonds. The Balaban J connectivity index is 1.56. The number of carbonyl (C=O) groups is 6. The molecule has 276 valence electrons. The van der Waals surface area contributed by atoms with Crippen molar-refractivity contribution in [1.29, 1.82) is 0 Å². The van der Waals surface area contributed by atoms with Gasteiger partial charge < -0.3 is 35.6 Å². The van der Waals surface area contributed by atoms with Crippen LogP contribution in [-0.4, -0.2) is 190 Å². The SMILES string of the molecule is C[C@@H](NC(=O)c1ccc(NNC(=O)CN2CCN(CC(=O)O)CCN(CC(=O)O)CCN(CC(=O)O)CC2)cc1)C(=O)N1CCC[C@H]1B(O)O. The number of nitrogens with zero attached hydrogens (tertiary/aromatic N) is 5. The van der Waals surface area contributed by atoms with Gasteiger partial charge in [0, 0.05) is 64.5 Å². The number of aliphatic carboxylic acids is 3. The molecule has 50 heavy (non-hydrogen) atoms. The molecule has 3 rings (SSSR count). The van der Waals surface area contributed by atoms with Crippen molar-refractivity contribution in [1.82, 2.24) is 35.2 Å². The summed E-state index contributed by atoms with van der Waals surface area (Å²) in [6, 6.07) is 5.21. The predicted molar refractivity (Wildman–Crippen MR) is 179 cm³/mol. The van der Waals surface area contributed by atoms with E-state index in [2.05, 4.69) is 16.2 Å². The van der Waals surface area contributed by atoms with Crippen LogP contribution < -0.4 is 16.2 Å². The number of benzene rings is 1. The van der Waals surface area contributed by atoms with Gasteiger partial charge in [-0.15, -0.1) is 0 Å². The molecule has 0 spiro atoms. The van der Waals surface area contributed by atoms with Crippen molar-refractivity contribution in [2.24, 2.45) is 0 Å². The standard InChI is InChI=1S/C30H47BN8O11/c1-21(30(48)39-8-2-3-24(39)31(49)50)32-29(47)22-4-6-23(7-5-22)33-34-25(40)17-35-9-11-36(18-26(41)42)13-15-38(20-28(45)46)16-14-37(12-10-35)19-27(43)44/h4-7,21,24,33,49-50H,2-3,8-20H2,1H3,(H,32,47)(H,34,40)(H,41,42)(H,43,44)(H,45,46)/t21-,24+/m1/s1. The second-order valence-electron chi connectivity index (χ2n) is 12.4. The zero-order chi connectivity index (χ0) is 36.8. The van der Waals surface area contributed by atoms with Crippen molar-refractivity contribution < 1.29 is 54.1 Å². The van der Waals surface area contributed by atoms with Gasteiger partial charge in [0.05, 0.1) is 37.8 Å². The van der Waals surface area contributed by atoms with E-state index in [0.717, 1.165) is 0 Å². The first kappa shape index (κ1) is 40.1. The zero-order valence-corrected chi connectivity index (χ0v) is 28.1. The van der Waals surface area contributed by atoms with Gasteiger partial charge in [0.15, 0.2) is 0 Å². The van der Waals surface area contributed by atoms with Crippen molar-refractivity contribution >= 4 is 48.4 Å². The van der Waals surface area contributed by atoms with Gasteiger partial charge in [-0.2, -0.15) is 0 Å². The zero-order valence-electron chi connectivity index (χ0n) is 28.1. The van der Waals surface area contributed by atoms with Gasteiger partial charge >= 0.3 is 25.0 Å². The van der Waals surface area contributed by atoms with Crippen LogP contribution in [0.3, 0.4) is 0 Å². The van der Waals surface area contributed by atoms with E-state index >= 15 is 0 Å². The Morgan fingerprint density at radius 1 is 0.720 bits per heavy atom. The number of anilines is 1. The van der Waals surface area contributed by atoms with Crippen LogP contribution in [0, 0.1) is 0 Å². The number of carboxylic acids is 3. The van der Waals surface area contributed by atoms with Crippen molar-refractivity contribution in [3.05, 3.63) is 29.8 Å². The van der Waals surface area contributed by atoms with Gasteiger partial charge in [-0.05, 0) is 44.0 Å². The van der Waals surface area contributed by atoms with Crippen LogP contribution in [0.1, 0.15) is 30.1 Å². The summed E-state index contributed by atoms with van der Waals surface area (Å²) in [5, 5.41) is 49.8. The minimum Gasteiger partial charge on any atom is -0.480 e. The molecule has 2 atom stereocenters. The number of nitrogens with one attached hydrogen (secondary N) is 3. The van der Waals surface area contributed by atoms with Crippen molar-refractivity contribution in [3.8, 4) is 0 Å². The monoisotopic (exact) mass is 706 g/mol.